The minimum Gasteiger partial charge on any atom is -0.504 e. The van der Waals surface area contributed by atoms with Gasteiger partial charge in [0.15, 0.2) is 5.78 Å². The van der Waals surface area contributed by atoms with Crippen LogP contribution in [0.15, 0.2) is 30.0 Å². The van der Waals surface area contributed by atoms with Gasteiger partial charge in [0.05, 0.1) is 26.1 Å². The lowest BCUT2D eigenvalue weighted by Gasteiger charge is -2.45. The molecule has 4 rings (SSSR count). The van der Waals surface area contributed by atoms with Crippen LogP contribution < -0.4 is 5.32 Å². The minimum absolute atomic E-state index is 0.00239. The number of benzene rings is 1. The largest absolute Gasteiger partial charge is 0.504 e. The highest BCUT2D eigenvalue weighted by Crippen LogP contribution is 2.49. The van der Waals surface area contributed by atoms with Crippen LogP contribution in [0, 0.1) is 11.8 Å². The van der Waals surface area contributed by atoms with Crippen LogP contribution in [0.2, 0.25) is 0 Å². The molecule has 6 nitrogen and oxygen atoms in total. The number of hydrogen-bond donors (Lipinski definition) is 1. The highest BCUT2D eigenvalue weighted by Gasteiger charge is 2.59. The predicted molar refractivity (Wildman–Crippen MR) is 115 cm³/mol. The molecule has 3 aliphatic rings. The fourth-order valence-corrected chi connectivity index (χ4v) is 5.91. The molecule has 4 atom stereocenters. The first-order valence-corrected chi connectivity index (χ1v) is 11.0. The van der Waals surface area contributed by atoms with Crippen LogP contribution in [0.3, 0.4) is 0 Å². The number of Topliss-reactive ketones (excluding diaryl/α,β-unsaturated/α-hetero) is 1. The summed E-state index contributed by atoms with van der Waals surface area (Å²) in [6.45, 7) is 6.02. The van der Waals surface area contributed by atoms with Gasteiger partial charge in [-0.1, -0.05) is 32.4 Å². The van der Waals surface area contributed by atoms with Gasteiger partial charge in [-0.15, -0.1) is 0 Å². The summed E-state index contributed by atoms with van der Waals surface area (Å²) in [5, 5.41) is 3.64. The summed E-state index contributed by atoms with van der Waals surface area (Å²) < 4.78 is 10.3. The first-order chi connectivity index (χ1) is 14.5. The maximum atomic E-state index is 13.8. The third-order valence-electron chi connectivity index (χ3n) is 7.43. The SMILES string of the molecule is CCc1cccc2c1C(=O)[C@@]1(CCN3C[C@@H](CC)[C@@H](/C(=C\OC)C(=O)OC)C[C@H]31)N2. The number of carbonyl (C=O) groups excluding carboxylic acids is 2. The van der Waals surface area contributed by atoms with Crippen LogP contribution in [0.5, 0.6) is 0 Å². The summed E-state index contributed by atoms with van der Waals surface area (Å²) in [6, 6.07) is 6.14. The number of piperidine rings is 1. The van der Waals surface area contributed by atoms with Gasteiger partial charge in [-0.2, -0.15) is 0 Å². The molecule has 0 radical (unpaired) electrons. The van der Waals surface area contributed by atoms with E-state index in [-0.39, 0.29) is 23.7 Å². The molecule has 0 unspecified atom stereocenters. The summed E-state index contributed by atoms with van der Waals surface area (Å²) in [5.74, 6) is 0.194. The number of hydrogen-bond acceptors (Lipinski definition) is 6. The Morgan fingerprint density at radius 2 is 2.13 bits per heavy atom. The van der Waals surface area contributed by atoms with Crippen LogP contribution >= 0.6 is 0 Å². The second-order valence-corrected chi connectivity index (χ2v) is 8.69. The van der Waals surface area contributed by atoms with Crippen molar-refractivity contribution in [2.75, 3.05) is 32.6 Å². The lowest BCUT2D eigenvalue weighted by Crippen LogP contribution is -2.57. The number of ketones is 1. The lowest BCUT2D eigenvalue weighted by atomic mass is 9.72. The average Bonchev–Trinajstić information content (AvgIpc) is 3.28. The van der Waals surface area contributed by atoms with Gasteiger partial charge in [-0.25, -0.2) is 4.79 Å². The van der Waals surface area contributed by atoms with Gasteiger partial charge in [0, 0.05) is 30.4 Å². The molecule has 162 valence electrons. The van der Waals surface area contributed by atoms with E-state index in [0.29, 0.717) is 11.5 Å². The molecule has 2 saturated heterocycles. The summed E-state index contributed by atoms with van der Waals surface area (Å²) in [4.78, 5) is 28.8. The number of rotatable bonds is 5. The Bertz CT molecular complexity index is 880. The summed E-state index contributed by atoms with van der Waals surface area (Å²) in [7, 11) is 2.96. The predicted octanol–water partition coefficient (Wildman–Crippen LogP) is 3.42. The summed E-state index contributed by atoms with van der Waals surface area (Å²) in [5.41, 5.74) is 2.88. The number of esters is 1. The van der Waals surface area contributed by atoms with E-state index in [9.17, 15) is 9.59 Å². The monoisotopic (exact) mass is 412 g/mol. The van der Waals surface area contributed by atoms with Crippen LogP contribution in [0.25, 0.3) is 0 Å². The fraction of sp³-hybridized carbons (Fsp3) is 0.583. The summed E-state index contributed by atoms with van der Waals surface area (Å²) in [6.07, 6.45) is 4.85. The molecule has 3 heterocycles. The maximum Gasteiger partial charge on any atom is 0.337 e. The zero-order chi connectivity index (χ0) is 21.5. The first-order valence-electron chi connectivity index (χ1n) is 11.0. The van der Waals surface area contributed by atoms with E-state index in [1.165, 1.54) is 13.4 Å². The topological polar surface area (TPSA) is 67.9 Å². The van der Waals surface area contributed by atoms with E-state index in [1.807, 2.05) is 12.1 Å². The number of aryl methyl sites for hydroxylation is 1. The van der Waals surface area contributed by atoms with E-state index in [2.05, 4.69) is 30.1 Å². The van der Waals surface area contributed by atoms with Crippen molar-refractivity contribution >= 4 is 17.4 Å². The van der Waals surface area contributed by atoms with Crippen molar-refractivity contribution in [3.05, 3.63) is 41.2 Å². The van der Waals surface area contributed by atoms with Crippen LogP contribution in [-0.2, 0) is 20.7 Å². The molecule has 0 saturated carbocycles. The molecular weight excluding hydrogens is 380 g/mol. The Kier molecular flexibility index (Phi) is 5.62. The molecule has 1 spiro atoms. The van der Waals surface area contributed by atoms with E-state index in [1.54, 1.807) is 7.11 Å². The maximum absolute atomic E-state index is 13.8. The first kappa shape index (κ1) is 20.9. The molecule has 0 amide bonds. The van der Waals surface area contributed by atoms with Gasteiger partial charge in [0.2, 0.25) is 0 Å². The molecule has 3 aliphatic heterocycles. The number of carbonyl (C=O) groups is 2. The number of ether oxygens (including phenoxy) is 2. The van der Waals surface area contributed by atoms with Crippen molar-refractivity contribution in [2.45, 2.75) is 51.1 Å². The van der Waals surface area contributed by atoms with E-state index < -0.39 is 5.54 Å². The summed E-state index contributed by atoms with van der Waals surface area (Å²) >= 11 is 0. The van der Waals surface area contributed by atoms with Gasteiger partial charge < -0.3 is 14.8 Å². The highest BCUT2D eigenvalue weighted by atomic mass is 16.5. The molecule has 1 aromatic carbocycles. The molecule has 1 aromatic rings. The van der Waals surface area contributed by atoms with Crippen molar-refractivity contribution in [3.8, 4) is 0 Å². The fourth-order valence-electron chi connectivity index (χ4n) is 5.91. The van der Waals surface area contributed by atoms with Gasteiger partial charge in [-0.3, -0.25) is 9.69 Å². The minimum atomic E-state index is -0.612. The van der Waals surface area contributed by atoms with Crippen LogP contribution in [0.1, 0.15) is 49.0 Å². The lowest BCUT2D eigenvalue weighted by molar-refractivity contribution is -0.137. The van der Waals surface area contributed by atoms with Crippen molar-refractivity contribution in [3.63, 3.8) is 0 Å². The van der Waals surface area contributed by atoms with Crippen LogP contribution in [-0.4, -0.2) is 55.5 Å². The Morgan fingerprint density at radius 1 is 1.33 bits per heavy atom. The highest BCUT2D eigenvalue weighted by molar-refractivity contribution is 6.15. The second-order valence-electron chi connectivity index (χ2n) is 8.69. The van der Waals surface area contributed by atoms with Gasteiger partial charge in [0.25, 0.3) is 0 Å². The van der Waals surface area contributed by atoms with Crippen molar-refractivity contribution in [1.82, 2.24) is 4.90 Å². The van der Waals surface area contributed by atoms with Gasteiger partial charge >= 0.3 is 5.97 Å². The second kappa shape index (κ2) is 8.06. The number of methoxy groups -OCH3 is 2. The van der Waals surface area contributed by atoms with Crippen molar-refractivity contribution < 1.29 is 19.1 Å². The quantitative estimate of drug-likeness (QED) is 0.454. The number of fused-ring (bicyclic) bond motifs is 3. The van der Waals surface area contributed by atoms with Gasteiger partial charge in [0.1, 0.15) is 5.54 Å². The van der Waals surface area contributed by atoms with E-state index in [0.717, 1.165) is 55.6 Å². The Morgan fingerprint density at radius 3 is 2.80 bits per heavy atom. The average molecular weight is 413 g/mol. The molecule has 0 aliphatic carbocycles. The normalized spacial score (nSPS) is 30.7. The molecule has 6 heteroatoms. The molecule has 0 bridgehead atoms. The van der Waals surface area contributed by atoms with Crippen LogP contribution in [0.4, 0.5) is 5.69 Å². The Balaban J connectivity index is 1.70. The number of anilines is 1. The standard InChI is InChI=1S/C24H32N2O4/c1-5-15-8-7-9-19-21(15)22(27)24(25-19)10-11-26-13-16(6-2)17(12-20(24)26)18(14-29-3)23(28)30-4/h7-9,14,16-17,20,25H,5-6,10-13H2,1-4H3/b18-14+/t16-,17+,20+,24+/m1/s1. The zero-order valence-electron chi connectivity index (χ0n) is 18.4. The molecule has 1 N–H and O–H groups in total. The molecule has 30 heavy (non-hydrogen) atoms. The zero-order valence-corrected chi connectivity index (χ0v) is 18.4. The molecule has 0 aromatic heterocycles. The molecular formula is C24H32N2O4. The van der Waals surface area contributed by atoms with E-state index in [4.69, 9.17) is 9.47 Å². The molecule has 2 fully saturated rings. The smallest absolute Gasteiger partial charge is 0.337 e. The Labute approximate surface area is 178 Å². The number of nitrogens with one attached hydrogen (secondary N) is 1. The third-order valence-corrected chi connectivity index (χ3v) is 7.43. The van der Waals surface area contributed by atoms with Crippen molar-refractivity contribution in [2.24, 2.45) is 11.8 Å². The Hall–Kier alpha value is -2.34. The number of nitrogens with zero attached hydrogens (tertiary/aromatic N) is 1. The third kappa shape index (κ3) is 3.04. The van der Waals surface area contributed by atoms with Crippen molar-refractivity contribution in [1.29, 1.82) is 0 Å². The van der Waals surface area contributed by atoms with E-state index >= 15 is 0 Å². The van der Waals surface area contributed by atoms with Gasteiger partial charge in [-0.05, 0) is 42.7 Å².